The van der Waals surface area contributed by atoms with Gasteiger partial charge in [0.05, 0.1) is 29.1 Å². The van der Waals surface area contributed by atoms with Gasteiger partial charge in [-0.15, -0.1) is 0 Å². The number of benzene rings is 2. The van der Waals surface area contributed by atoms with E-state index in [1.165, 1.54) is 36.4 Å². The molecule has 2 aromatic carbocycles. The van der Waals surface area contributed by atoms with Gasteiger partial charge in [0.15, 0.2) is 0 Å². The third kappa shape index (κ3) is 5.25. The summed E-state index contributed by atoms with van der Waals surface area (Å²) in [6.45, 7) is -0.598. The molecule has 0 aliphatic rings. The number of rotatable bonds is 7. The first-order valence-corrected chi connectivity index (χ1v) is 12.1. The van der Waals surface area contributed by atoms with Gasteiger partial charge in [0.2, 0.25) is 20.0 Å². The molecule has 0 atom stereocenters. The summed E-state index contributed by atoms with van der Waals surface area (Å²) < 4.78 is 76.0. The Morgan fingerprint density at radius 2 is 1.74 bits per heavy atom. The van der Waals surface area contributed by atoms with E-state index >= 15 is 0 Å². The molecule has 31 heavy (non-hydrogen) atoms. The van der Waals surface area contributed by atoms with E-state index in [1.807, 2.05) is 0 Å². The molecule has 3 aromatic rings. The number of aromatic nitrogens is 2. The summed E-state index contributed by atoms with van der Waals surface area (Å²) in [5.41, 5.74) is 0.673. The quantitative estimate of drug-likeness (QED) is 0.480. The smallest absolute Gasteiger partial charge is 0.282 e. The minimum absolute atomic E-state index is 0.104. The summed E-state index contributed by atoms with van der Waals surface area (Å²) in [6.07, 6.45) is -1.89. The second kappa shape index (κ2) is 8.34. The lowest BCUT2D eigenvalue weighted by Gasteiger charge is -2.13. The van der Waals surface area contributed by atoms with Crippen molar-refractivity contribution in [2.45, 2.75) is 17.9 Å². The van der Waals surface area contributed by atoms with Crippen LogP contribution in [-0.2, 0) is 26.7 Å². The van der Waals surface area contributed by atoms with E-state index in [9.17, 15) is 30.7 Å². The second-order valence-electron chi connectivity index (χ2n) is 6.61. The fourth-order valence-electron chi connectivity index (χ4n) is 2.89. The summed E-state index contributed by atoms with van der Waals surface area (Å²) in [5, 5.41) is 18.7. The lowest BCUT2D eigenvalue weighted by atomic mass is 10.1. The molecule has 0 radical (unpaired) electrons. The maximum atomic E-state index is 13.3. The molecule has 13 heteroatoms. The minimum Gasteiger partial charge on any atom is -0.392 e. The Bertz CT molecular complexity index is 1320. The van der Waals surface area contributed by atoms with Crippen LogP contribution in [-0.4, -0.2) is 38.0 Å². The van der Waals surface area contributed by atoms with E-state index in [0.29, 0.717) is 5.56 Å². The second-order valence-corrected chi connectivity index (χ2v) is 9.92. The Morgan fingerprint density at radius 3 is 2.26 bits per heavy atom. The van der Waals surface area contributed by atoms with Crippen molar-refractivity contribution < 1.29 is 30.7 Å². The number of anilines is 1. The van der Waals surface area contributed by atoms with E-state index in [0.717, 1.165) is 23.1 Å². The predicted octanol–water partition coefficient (Wildman–Crippen LogP) is 1.99. The molecule has 0 aliphatic heterocycles. The number of sulfonamides is 2. The first kappa shape index (κ1) is 22.8. The van der Waals surface area contributed by atoms with Gasteiger partial charge in [-0.3, -0.25) is 4.72 Å². The summed E-state index contributed by atoms with van der Waals surface area (Å²) >= 11 is 0. The fourth-order valence-corrected chi connectivity index (χ4v) is 4.02. The van der Waals surface area contributed by atoms with Crippen molar-refractivity contribution in [3.63, 3.8) is 0 Å². The number of hydrogen-bond acceptors (Lipinski definition) is 6. The molecule has 4 N–H and O–H groups in total. The van der Waals surface area contributed by atoms with E-state index in [1.54, 1.807) is 0 Å². The first-order chi connectivity index (χ1) is 14.4. The van der Waals surface area contributed by atoms with Crippen molar-refractivity contribution in [2.24, 2.45) is 5.14 Å². The number of hydrogen-bond donors (Lipinski definition) is 3. The van der Waals surface area contributed by atoms with Gasteiger partial charge < -0.3 is 5.11 Å². The molecule has 0 amide bonds. The zero-order valence-corrected chi connectivity index (χ0v) is 17.7. The highest BCUT2D eigenvalue weighted by atomic mass is 32.2. The molecule has 3 rings (SSSR count). The standard InChI is InChI=1S/C18H18F2N4O5S2/c1-30(26,27)23-13-4-2-11(3-5-13)17-9-15(18(19)20)22-24(17)16-7-6-14(31(21,28)29)8-12(16)10-25/h2-9,18,23,25H,10H2,1H3,(H2,21,28,29). The van der Waals surface area contributed by atoms with Crippen LogP contribution in [0.25, 0.3) is 16.9 Å². The zero-order chi connectivity index (χ0) is 23.0. The monoisotopic (exact) mass is 472 g/mol. The highest BCUT2D eigenvalue weighted by Gasteiger charge is 2.20. The summed E-state index contributed by atoms with van der Waals surface area (Å²) in [5.74, 6) is 0. The van der Waals surface area contributed by atoms with E-state index in [2.05, 4.69) is 9.82 Å². The molecule has 1 heterocycles. The molecule has 0 aliphatic carbocycles. The van der Waals surface area contributed by atoms with Gasteiger partial charge in [-0.1, -0.05) is 12.1 Å². The third-order valence-electron chi connectivity index (χ3n) is 4.21. The van der Waals surface area contributed by atoms with Crippen LogP contribution in [0.15, 0.2) is 53.4 Å². The Kier molecular flexibility index (Phi) is 6.14. The number of aliphatic hydroxyl groups is 1. The molecular weight excluding hydrogens is 454 g/mol. The SMILES string of the molecule is CS(=O)(=O)Nc1ccc(-c2cc(C(F)F)nn2-c2ccc(S(N)(=O)=O)cc2CO)cc1. The van der Waals surface area contributed by atoms with E-state index < -0.39 is 38.8 Å². The molecule has 166 valence electrons. The molecule has 0 fully saturated rings. The van der Waals surface area contributed by atoms with E-state index in [-0.39, 0.29) is 27.5 Å². The largest absolute Gasteiger partial charge is 0.392 e. The van der Waals surface area contributed by atoms with Crippen LogP contribution in [0.4, 0.5) is 14.5 Å². The van der Waals surface area contributed by atoms with Crippen molar-refractivity contribution in [1.82, 2.24) is 9.78 Å². The lowest BCUT2D eigenvalue weighted by Crippen LogP contribution is -2.13. The topological polar surface area (TPSA) is 144 Å². The van der Waals surface area contributed by atoms with Gasteiger partial charge in [-0.05, 0) is 36.4 Å². The highest BCUT2D eigenvalue weighted by molar-refractivity contribution is 7.92. The number of nitrogens with one attached hydrogen (secondary N) is 1. The van der Waals surface area contributed by atoms with Crippen LogP contribution < -0.4 is 9.86 Å². The third-order valence-corrected chi connectivity index (χ3v) is 5.73. The van der Waals surface area contributed by atoms with Crippen molar-refractivity contribution in [3.05, 3.63) is 59.8 Å². The van der Waals surface area contributed by atoms with Gasteiger partial charge >= 0.3 is 0 Å². The molecular formula is C18H18F2N4O5S2. The van der Waals surface area contributed by atoms with Crippen molar-refractivity contribution in [3.8, 4) is 16.9 Å². The summed E-state index contributed by atoms with van der Waals surface area (Å²) in [7, 11) is -7.53. The Morgan fingerprint density at radius 1 is 1.10 bits per heavy atom. The van der Waals surface area contributed by atoms with Crippen LogP contribution in [0.1, 0.15) is 17.7 Å². The Labute approximate surface area is 177 Å². The molecule has 0 saturated heterocycles. The van der Waals surface area contributed by atoms with E-state index in [4.69, 9.17) is 5.14 Å². The molecule has 1 aromatic heterocycles. The van der Waals surface area contributed by atoms with Crippen molar-refractivity contribution in [2.75, 3.05) is 11.0 Å². The van der Waals surface area contributed by atoms with Gasteiger partial charge in [0, 0.05) is 16.8 Å². The first-order valence-electron chi connectivity index (χ1n) is 8.62. The number of nitrogens with two attached hydrogens (primary N) is 1. The van der Waals surface area contributed by atoms with Gasteiger partial charge in [0.25, 0.3) is 6.43 Å². The molecule has 0 unspecified atom stereocenters. The fraction of sp³-hybridized carbons (Fsp3) is 0.167. The van der Waals surface area contributed by atoms with Crippen LogP contribution in [0.5, 0.6) is 0 Å². The van der Waals surface area contributed by atoms with Gasteiger partial charge in [-0.2, -0.15) is 5.10 Å². The minimum atomic E-state index is -4.04. The number of aliphatic hydroxyl groups excluding tert-OH is 1. The number of halogens is 2. The number of primary sulfonamides is 1. The van der Waals surface area contributed by atoms with Crippen LogP contribution >= 0.6 is 0 Å². The van der Waals surface area contributed by atoms with Gasteiger partial charge in [-0.25, -0.2) is 35.4 Å². The van der Waals surface area contributed by atoms with Gasteiger partial charge in [0.1, 0.15) is 5.69 Å². The molecule has 9 nitrogen and oxygen atoms in total. The van der Waals surface area contributed by atoms with Crippen molar-refractivity contribution >= 4 is 25.7 Å². The summed E-state index contributed by atoms with van der Waals surface area (Å²) in [6, 6.07) is 10.7. The predicted molar refractivity (Wildman–Crippen MR) is 110 cm³/mol. The lowest BCUT2D eigenvalue weighted by molar-refractivity contribution is 0.145. The molecule has 0 spiro atoms. The number of alkyl halides is 2. The maximum Gasteiger partial charge on any atom is 0.282 e. The maximum absolute atomic E-state index is 13.3. The Balaban J connectivity index is 2.15. The summed E-state index contributed by atoms with van der Waals surface area (Å²) in [4.78, 5) is -0.251. The molecule has 0 saturated carbocycles. The highest BCUT2D eigenvalue weighted by Crippen LogP contribution is 2.31. The average molecular weight is 472 g/mol. The average Bonchev–Trinajstić information content (AvgIpc) is 3.11. The van der Waals surface area contributed by atoms with Crippen LogP contribution in [0.2, 0.25) is 0 Å². The Hall–Kier alpha value is -2.87. The normalized spacial score (nSPS) is 12.3. The molecule has 0 bridgehead atoms. The number of nitrogens with zero attached hydrogens (tertiary/aromatic N) is 2. The zero-order valence-electron chi connectivity index (χ0n) is 16.0. The van der Waals surface area contributed by atoms with Crippen molar-refractivity contribution in [1.29, 1.82) is 0 Å². The van der Waals surface area contributed by atoms with Crippen LogP contribution in [0, 0.1) is 0 Å². The van der Waals surface area contributed by atoms with Crippen LogP contribution in [0.3, 0.4) is 0 Å².